The number of sulfone groups is 1. The quantitative estimate of drug-likeness (QED) is 0.521. The van der Waals surface area contributed by atoms with E-state index in [0.29, 0.717) is 0 Å². The first-order valence-corrected chi connectivity index (χ1v) is 9.86. The van der Waals surface area contributed by atoms with Gasteiger partial charge in [0.2, 0.25) is 5.91 Å². The minimum Gasteiger partial charge on any atom is -0.504 e. The van der Waals surface area contributed by atoms with E-state index >= 15 is 0 Å². The lowest BCUT2D eigenvalue weighted by Crippen LogP contribution is -2.41. The Hall–Kier alpha value is -2.65. The number of aliphatic hydroxyl groups excluding tert-OH is 1. The first-order valence-electron chi connectivity index (χ1n) is 7.96. The highest BCUT2D eigenvalue weighted by molar-refractivity contribution is 7.90. The molecule has 2 unspecified atom stereocenters. The van der Waals surface area contributed by atoms with Crippen LogP contribution in [0.4, 0.5) is 4.39 Å². The highest BCUT2D eigenvalue weighted by Gasteiger charge is 2.24. The number of halogens is 1. The van der Waals surface area contributed by atoms with Gasteiger partial charge in [0.05, 0.1) is 17.4 Å². The van der Waals surface area contributed by atoms with Gasteiger partial charge in [-0.05, 0) is 23.8 Å². The van der Waals surface area contributed by atoms with Gasteiger partial charge >= 0.3 is 0 Å². The van der Waals surface area contributed by atoms with Gasteiger partial charge in [-0.1, -0.05) is 24.3 Å². The largest absolute Gasteiger partial charge is 0.504 e. The number of alkyl halides is 1. The molecule has 4 N–H and O–H groups in total. The minimum absolute atomic E-state index is 0.0543. The van der Waals surface area contributed by atoms with Crippen molar-refractivity contribution in [1.29, 1.82) is 0 Å². The number of amides is 1. The van der Waals surface area contributed by atoms with Crippen LogP contribution < -0.4 is 5.32 Å². The van der Waals surface area contributed by atoms with Crippen LogP contribution in [0.1, 0.15) is 17.2 Å². The van der Waals surface area contributed by atoms with Crippen molar-refractivity contribution in [2.45, 2.75) is 23.5 Å². The average Bonchev–Trinajstić information content (AvgIpc) is 2.62. The molecule has 2 aromatic carbocycles. The number of nitrogens with one attached hydrogen (secondary N) is 1. The molecule has 0 saturated heterocycles. The van der Waals surface area contributed by atoms with Gasteiger partial charge in [0.15, 0.2) is 21.3 Å². The Morgan fingerprint density at radius 1 is 1.15 bits per heavy atom. The fraction of sp³-hybridized carbons (Fsp3) is 0.278. The smallest absolute Gasteiger partial charge is 0.224 e. The first-order chi connectivity index (χ1) is 12.6. The number of aromatic hydroxyl groups is 2. The van der Waals surface area contributed by atoms with Gasteiger partial charge in [-0.2, -0.15) is 0 Å². The topological polar surface area (TPSA) is 124 Å². The fourth-order valence-corrected chi connectivity index (χ4v) is 3.13. The summed E-state index contributed by atoms with van der Waals surface area (Å²) < 4.78 is 36.3. The number of benzene rings is 2. The summed E-state index contributed by atoms with van der Waals surface area (Å²) in [5, 5.41) is 31.8. The number of hydrogen-bond acceptors (Lipinski definition) is 6. The molecule has 0 radical (unpaired) electrons. The predicted octanol–water partition coefficient (Wildman–Crippen LogP) is 1.23. The molecule has 9 heteroatoms. The molecule has 0 aromatic heterocycles. The molecule has 146 valence electrons. The van der Waals surface area contributed by atoms with E-state index in [4.69, 9.17) is 0 Å². The third kappa shape index (κ3) is 5.18. The van der Waals surface area contributed by atoms with E-state index in [2.05, 4.69) is 5.32 Å². The van der Waals surface area contributed by atoms with E-state index in [0.717, 1.165) is 6.26 Å². The molecule has 0 fully saturated rings. The van der Waals surface area contributed by atoms with Crippen molar-refractivity contribution < 1.29 is 32.9 Å². The van der Waals surface area contributed by atoms with E-state index < -0.39 is 40.3 Å². The Bertz CT molecular complexity index is 914. The number of rotatable bonds is 7. The molecule has 0 spiro atoms. The Balaban J connectivity index is 2.09. The number of carbonyl (C=O) groups is 1. The lowest BCUT2D eigenvalue weighted by molar-refractivity contribution is -0.122. The molecule has 2 atom stereocenters. The van der Waals surface area contributed by atoms with Gasteiger partial charge in [0, 0.05) is 11.8 Å². The second kappa shape index (κ2) is 8.36. The maximum atomic E-state index is 13.3. The van der Waals surface area contributed by atoms with E-state index in [-0.39, 0.29) is 28.2 Å². The lowest BCUT2D eigenvalue weighted by Gasteiger charge is -2.22. The molecule has 2 rings (SSSR count). The summed E-state index contributed by atoms with van der Waals surface area (Å²) in [6.07, 6.45) is -0.679. The number of para-hydroxylation sites is 1. The zero-order valence-electron chi connectivity index (χ0n) is 14.5. The van der Waals surface area contributed by atoms with Crippen molar-refractivity contribution in [3.8, 4) is 11.5 Å². The number of phenols is 2. The van der Waals surface area contributed by atoms with Gasteiger partial charge in [-0.3, -0.25) is 4.79 Å². The van der Waals surface area contributed by atoms with Crippen molar-refractivity contribution in [1.82, 2.24) is 5.32 Å². The average molecular weight is 397 g/mol. The predicted molar refractivity (Wildman–Crippen MR) is 95.9 cm³/mol. The number of hydrogen-bond donors (Lipinski definition) is 4. The molecule has 7 nitrogen and oxygen atoms in total. The van der Waals surface area contributed by atoms with Crippen LogP contribution >= 0.6 is 0 Å². The van der Waals surface area contributed by atoms with Crippen LogP contribution in [0.3, 0.4) is 0 Å². The standard InChI is InChI=1S/C18H20FNO6S/c1-27(25,26)13-7-5-11(6-8-13)17(23)14(10-19)20-16(22)9-12-3-2-4-15(21)18(12)24/h2-8,14,17,21,23-24H,9-10H2,1H3,(H,20,22). The molecule has 0 aliphatic carbocycles. The van der Waals surface area contributed by atoms with E-state index in [9.17, 15) is 32.9 Å². The summed E-state index contributed by atoms with van der Waals surface area (Å²) in [6.45, 7) is -1.06. The molecule has 0 saturated carbocycles. The van der Waals surface area contributed by atoms with E-state index in [1.54, 1.807) is 0 Å². The van der Waals surface area contributed by atoms with Crippen LogP contribution in [0.15, 0.2) is 47.4 Å². The van der Waals surface area contributed by atoms with Crippen LogP contribution in [0.25, 0.3) is 0 Å². The van der Waals surface area contributed by atoms with Crippen LogP contribution in [-0.4, -0.2) is 48.6 Å². The highest BCUT2D eigenvalue weighted by atomic mass is 32.2. The van der Waals surface area contributed by atoms with E-state index in [1.165, 1.54) is 42.5 Å². The zero-order valence-corrected chi connectivity index (χ0v) is 15.3. The molecule has 1 amide bonds. The Labute approximate surface area is 156 Å². The van der Waals surface area contributed by atoms with Gasteiger partial charge < -0.3 is 20.6 Å². The first kappa shape index (κ1) is 20.7. The molecule has 0 aliphatic heterocycles. The summed E-state index contributed by atoms with van der Waals surface area (Å²) in [5.74, 6) is -1.49. The van der Waals surface area contributed by atoms with Crippen molar-refractivity contribution in [3.05, 3.63) is 53.6 Å². The van der Waals surface area contributed by atoms with Crippen molar-refractivity contribution >= 4 is 15.7 Å². The normalized spacial score (nSPS) is 13.7. The monoisotopic (exact) mass is 397 g/mol. The van der Waals surface area contributed by atoms with Crippen LogP contribution in [0.5, 0.6) is 11.5 Å². The van der Waals surface area contributed by atoms with Gasteiger partial charge in [0.25, 0.3) is 0 Å². The second-order valence-corrected chi connectivity index (χ2v) is 8.09. The Morgan fingerprint density at radius 3 is 2.33 bits per heavy atom. The Morgan fingerprint density at radius 2 is 1.78 bits per heavy atom. The maximum absolute atomic E-state index is 13.3. The van der Waals surface area contributed by atoms with Gasteiger partial charge in [-0.25, -0.2) is 12.8 Å². The summed E-state index contributed by atoms with van der Waals surface area (Å²) >= 11 is 0. The zero-order chi connectivity index (χ0) is 20.2. The molecular weight excluding hydrogens is 377 g/mol. The molecule has 27 heavy (non-hydrogen) atoms. The molecule has 0 aliphatic rings. The summed E-state index contributed by atoms with van der Waals surface area (Å²) in [6, 6.07) is 8.13. The second-order valence-electron chi connectivity index (χ2n) is 6.08. The van der Waals surface area contributed by atoms with Crippen molar-refractivity contribution in [2.24, 2.45) is 0 Å². The van der Waals surface area contributed by atoms with Crippen molar-refractivity contribution in [2.75, 3.05) is 12.9 Å². The molecular formula is C18H20FNO6S. The molecule has 2 aromatic rings. The van der Waals surface area contributed by atoms with Gasteiger partial charge in [0.1, 0.15) is 12.8 Å². The number of carbonyl (C=O) groups excluding carboxylic acids is 1. The SMILES string of the molecule is CS(=O)(=O)c1ccc(C(O)C(CF)NC(=O)Cc2cccc(O)c2O)cc1. The van der Waals surface area contributed by atoms with Crippen LogP contribution in [0, 0.1) is 0 Å². The fourth-order valence-electron chi connectivity index (χ4n) is 2.50. The maximum Gasteiger partial charge on any atom is 0.224 e. The minimum atomic E-state index is -3.40. The molecule has 0 heterocycles. The van der Waals surface area contributed by atoms with Gasteiger partial charge in [-0.15, -0.1) is 0 Å². The number of aliphatic hydroxyl groups is 1. The van der Waals surface area contributed by atoms with E-state index in [1.807, 2.05) is 0 Å². The third-order valence-corrected chi connectivity index (χ3v) is 5.12. The third-order valence-electron chi connectivity index (χ3n) is 3.99. The Kier molecular flexibility index (Phi) is 6.40. The molecule has 0 bridgehead atoms. The van der Waals surface area contributed by atoms with Crippen LogP contribution in [-0.2, 0) is 21.1 Å². The summed E-state index contributed by atoms with van der Waals surface area (Å²) in [4.78, 5) is 12.2. The van der Waals surface area contributed by atoms with Crippen LogP contribution in [0.2, 0.25) is 0 Å². The van der Waals surface area contributed by atoms with Crippen molar-refractivity contribution in [3.63, 3.8) is 0 Å². The summed E-state index contributed by atoms with van der Waals surface area (Å²) in [5.41, 5.74) is 0.391. The highest BCUT2D eigenvalue weighted by Crippen LogP contribution is 2.28. The number of phenolic OH excluding ortho intramolecular Hbond substituents is 2. The lowest BCUT2D eigenvalue weighted by atomic mass is 10.0. The summed E-state index contributed by atoms with van der Waals surface area (Å²) in [7, 11) is -3.40.